The summed E-state index contributed by atoms with van der Waals surface area (Å²) >= 11 is 0. The Kier molecular flexibility index (Phi) is 6.09. The Morgan fingerprint density at radius 1 is 1.36 bits per heavy atom. The third-order valence-corrected chi connectivity index (χ3v) is 1.20. The summed E-state index contributed by atoms with van der Waals surface area (Å²) in [6.07, 6.45) is 0.112. The van der Waals surface area contributed by atoms with E-state index in [0.29, 0.717) is 0 Å². The number of hydrogen-bond acceptors (Lipinski definition) is 1. The molecular formula is C8H9KO2. The van der Waals surface area contributed by atoms with E-state index in [-0.39, 0.29) is 59.2 Å². The van der Waals surface area contributed by atoms with E-state index in [0.717, 1.165) is 5.56 Å². The second-order valence-corrected chi connectivity index (χ2v) is 2.06. The van der Waals surface area contributed by atoms with Crippen molar-refractivity contribution in [3.8, 4) is 0 Å². The summed E-state index contributed by atoms with van der Waals surface area (Å²) in [6, 6.07) is 9.13. The van der Waals surface area contributed by atoms with Gasteiger partial charge in [0.1, 0.15) is 0 Å². The first-order valence-corrected chi connectivity index (χ1v) is 3.05. The van der Waals surface area contributed by atoms with Crippen LogP contribution in [0.4, 0.5) is 0 Å². The molecule has 0 fully saturated rings. The molecule has 0 saturated carbocycles. The van der Waals surface area contributed by atoms with Crippen LogP contribution in [0.5, 0.6) is 0 Å². The maximum Gasteiger partial charge on any atom is 1.00 e. The molecule has 0 amide bonds. The molecule has 0 radical (unpaired) electrons. The molecule has 1 N–H and O–H groups in total. The van der Waals surface area contributed by atoms with Crippen LogP contribution in [0.3, 0.4) is 0 Å². The summed E-state index contributed by atoms with van der Waals surface area (Å²) in [5, 5.41) is 8.37. The van der Waals surface area contributed by atoms with E-state index in [1.807, 2.05) is 18.2 Å². The Hall–Kier alpha value is 0.326. The first-order valence-electron chi connectivity index (χ1n) is 3.05. The molecule has 2 nitrogen and oxygen atoms in total. The predicted octanol–water partition coefficient (Wildman–Crippen LogP) is -1.57. The van der Waals surface area contributed by atoms with Crippen molar-refractivity contribution < 1.29 is 62.7 Å². The molecule has 1 aromatic rings. The minimum Gasteiger partial charge on any atom is -1.00 e. The van der Waals surface area contributed by atoms with E-state index < -0.39 is 5.97 Å². The van der Waals surface area contributed by atoms with Crippen LogP contribution in [0.1, 0.15) is 6.99 Å². The van der Waals surface area contributed by atoms with Crippen LogP contribution < -0.4 is 51.4 Å². The SMILES string of the molecule is O=C(O)Cc1ccccc1.[H-].[K+]. The molecule has 1 rings (SSSR count). The van der Waals surface area contributed by atoms with E-state index >= 15 is 0 Å². The maximum absolute atomic E-state index is 10.2. The zero-order chi connectivity index (χ0) is 7.40. The normalized spacial score (nSPS) is 8.36. The van der Waals surface area contributed by atoms with Crippen molar-refractivity contribution in [3.05, 3.63) is 35.9 Å². The Morgan fingerprint density at radius 3 is 2.36 bits per heavy atom. The molecule has 0 atom stereocenters. The molecule has 1 aromatic carbocycles. The summed E-state index contributed by atoms with van der Waals surface area (Å²) in [5.41, 5.74) is 0.843. The van der Waals surface area contributed by atoms with Gasteiger partial charge in [0.15, 0.2) is 0 Å². The van der Waals surface area contributed by atoms with Gasteiger partial charge < -0.3 is 6.53 Å². The first kappa shape index (κ1) is 11.3. The fourth-order valence-corrected chi connectivity index (χ4v) is 0.770. The van der Waals surface area contributed by atoms with Crippen LogP contribution in [0, 0.1) is 0 Å². The van der Waals surface area contributed by atoms with E-state index in [2.05, 4.69) is 0 Å². The first-order chi connectivity index (χ1) is 4.79. The Labute approximate surface area is 110 Å². The van der Waals surface area contributed by atoms with Crippen molar-refractivity contribution in [2.45, 2.75) is 6.42 Å². The van der Waals surface area contributed by atoms with E-state index in [9.17, 15) is 4.79 Å². The predicted molar refractivity (Wildman–Crippen MR) is 38.9 cm³/mol. The van der Waals surface area contributed by atoms with Crippen molar-refractivity contribution in [1.82, 2.24) is 0 Å². The molecule has 11 heavy (non-hydrogen) atoms. The Balaban J connectivity index is 0. The van der Waals surface area contributed by atoms with Gasteiger partial charge in [-0.1, -0.05) is 30.3 Å². The van der Waals surface area contributed by atoms with Gasteiger partial charge >= 0.3 is 57.4 Å². The second-order valence-electron chi connectivity index (χ2n) is 2.06. The van der Waals surface area contributed by atoms with Gasteiger partial charge in [0.25, 0.3) is 0 Å². The zero-order valence-electron chi connectivity index (χ0n) is 7.45. The number of rotatable bonds is 2. The van der Waals surface area contributed by atoms with Gasteiger partial charge in [0.05, 0.1) is 6.42 Å². The number of aliphatic carboxylic acids is 1. The quantitative estimate of drug-likeness (QED) is 0.553. The van der Waals surface area contributed by atoms with E-state index in [1.54, 1.807) is 12.1 Å². The topological polar surface area (TPSA) is 37.3 Å². The van der Waals surface area contributed by atoms with Crippen LogP contribution in [0.15, 0.2) is 30.3 Å². The summed E-state index contributed by atoms with van der Waals surface area (Å²) in [5.74, 6) is -0.786. The molecule has 0 saturated heterocycles. The van der Waals surface area contributed by atoms with Gasteiger partial charge in [-0.2, -0.15) is 0 Å². The number of hydrogen-bond donors (Lipinski definition) is 1. The average molecular weight is 176 g/mol. The molecule has 0 aromatic heterocycles. The van der Waals surface area contributed by atoms with Crippen molar-refractivity contribution in [1.29, 1.82) is 0 Å². The Bertz CT molecular complexity index is 226. The molecular weight excluding hydrogens is 167 g/mol. The molecule has 0 aliphatic heterocycles. The maximum atomic E-state index is 10.2. The van der Waals surface area contributed by atoms with Crippen LogP contribution >= 0.6 is 0 Å². The number of carboxylic acid groups (broad SMARTS) is 1. The van der Waals surface area contributed by atoms with E-state index in [1.165, 1.54) is 0 Å². The van der Waals surface area contributed by atoms with Gasteiger partial charge in [-0.25, -0.2) is 0 Å². The van der Waals surface area contributed by atoms with Crippen molar-refractivity contribution >= 4 is 5.97 Å². The monoisotopic (exact) mass is 176 g/mol. The summed E-state index contributed by atoms with van der Waals surface area (Å²) in [4.78, 5) is 10.2. The van der Waals surface area contributed by atoms with Gasteiger partial charge in [-0.15, -0.1) is 0 Å². The molecule has 0 spiro atoms. The zero-order valence-corrected chi connectivity index (χ0v) is 9.57. The summed E-state index contributed by atoms with van der Waals surface area (Å²) < 4.78 is 0. The van der Waals surface area contributed by atoms with Gasteiger partial charge in [-0.05, 0) is 5.56 Å². The molecule has 0 unspecified atom stereocenters. The van der Waals surface area contributed by atoms with Crippen molar-refractivity contribution in [3.63, 3.8) is 0 Å². The van der Waals surface area contributed by atoms with Gasteiger partial charge in [0.2, 0.25) is 0 Å². The molecule has 54 valence electrons. The standard InChI is InChI=1S/C8H8O2.K.H/c9-8(10)6-7-4-2-1-3-5-7;;/h1-5H,6H2,(H,9,10);;/q;+1;-1. The third-order valence-electron chi connectivity index (χ3n) is 1.20. The number of benzene rings is 1. The van der Waals surface area contributed by atoms with Crippen LogP contribution in [0.25, 0.3) is 0 Å². The smallest absolute Gasteiger partial charge is 1.00 e. The fourth-order valence-electron chi connectivity index (χ4n) is 0.770. The number of carbonyl (C=O) groups is 1. The molecule has 3 heteroatoms. The molecule has 0 aliphatic rings. The second kappa shape index (κ2) is 5.91. The molecule has 0 heterocycles. The van der Waals surface area contributed by atoms with E-state index in [4.69, 9.17) is 5.11 Å². The minimum absolute atomic E-state index is 0. The number of carboxylic acids is 1. The van der Waals surface area contributed by atoms with Gasteiger partial charge in [-0.3, -0.25) is 4.79 Å². The molecule has 0 aliphatic carbocycles. The third kappa shape index (κ3) is 4.71. The van der Waals surface area contributed by atoms with Crippen LogP contribution in [-0.4, -0.2) is 11.1 Å². The summed E-state index contributed by atoms with van der Waals surface area (Å²) in [6.45, 7) is 0. The fraction of sp³-hybridized carbons (Fsp3) is 0.125. The van der Waals surface area contributed by atoms with Crippen molar-refractivity contribution in [2.24, 2.45) is 0 Å². The average Bonchev–Trinajstić information content (AvgIpc) is 1.88. The minimum atomic E-state index is -0.786. The van der Waals surface area contributed by atoms with Crippen LogP contribution in [-0.2, 0) is 11.2 Å². The van der Waals surface area contributed by atoms with Crippen molar-refractivity contribution in [2.75, 3.05) is 0 Å². The summed E-state index contributed by atoms with van der Waals surface area (Å²) in [7, 11) is 0. The molecule has 0 bridgehead atoms. The largest absolute Gasteiger partial charge is 1.00 e. The van der Waals surface area contributed by atoms with Gasteiger partial charge in [0, 0.05) is 0 Å². The van der Waals surface area contributed by atoms with Crippen LogP contribution in [0.2, 0.25) is 0 Å². The Morgan fingerprint density at radius 2 is 1.91 bits per heavy atom.